The molecular weight excluding hydrogens is 292 g/mol. The standard InChI is InChI=1S/C16H21ClO4/c1-11(2)12(3)20-15(18)9-6-10-16(19)21-14-8-5-4-7-13(14)17/h4-5,7-8,11-12H,6,9-10H2,1-3H3. The lowest BCUT2D eigenvalue weighted by molar-refractivity contribution is -0.150. The van der Waals surface area contributed by atoms with E-state index in [1.807, 2.05) is 20.8 Å². The molecule has 0 fully saturated rings. The second-order valence-electron chi connectivity index (χ2n) is 5.20. The Hall–Kier alpha value is -1.55. The zero-order valence-corrected chi connectivity index (χ0v) is 13.4. The predicted molar refractivity (Wildman–Crippen MR) is 81.3 cm³/mol. The third-order valence-electron chi connectivity index (χ3n) is 3.08. The highest BCUT2D eigenvalue weighted by molar-refractivity contribution is 6.32. The Labute approximate surface area is 130 Å². The highest BCUT2D eigenvalue weighted by Gasteiger charge is 2.14. The van der Waals surface area contributed by atoms with E-state index in [1.54, 1.807) is 24.3 Å². The first-order valence-electron chi connectivity index (χ1n) is 7.05. The highest BCUT2D eigenvalue weighted by Crippen LogP contribution is 2.23. The smallest absolute Gasteiger partial charge is 0.311 e. The van der Waals surface area contributed by atoms with Gasteiger partial charge in [0.25, 0.3) is 0 Å². The SMILES string of the molecule is CC(C)C(C)OC(=O)CCCC(=O)Oc1ccccc1Cl. The highest BCUT2D eigenvalue weighted by atomic mass is 35.5. The fourth-order valence-electron chi connectivity index (χ4n) is 1.48. The van der Waals surface area contributed by atoms with Crippen LogP contribution in [0.4, 0.5) is 0 Å². The molecule has 0 amide bonds. The zero-order valence-electron chi connectivity index (χ0n) is 12.6. The van der Waals surface area contributed by atoms with Crippen molar-refractivity contribution in [1.29, 1.82) is 0 Å². The van der Waals surface area contributed by atoms with Crippen molar-refractivity contribution in [2.45, 2.75) is 46.1 Å². The topological polar surface area (TPSA) is 52.6 Å². The number of hydrogen-bond acceptors (Lipinski definition) is 4. The molecule has 0 saturated carbocycles. The van der Waals surface area contributed by atoms with Gasteiger partial charge in [0.15, 0.2) is 0 Å². The molecule has 5 heteroatoms. The molecule has 0 spiro atoms. The van der Waals surface area contributed by atoms with E-state index in [0.717, 1.165) is 0 Å². The number of halogens is 1. The summed E-state index contributed by atoms with van der Waals surface area (Å²) < 4.78 is 10.3. The summed E-state index contributed by atoms with van der Waals surface area (Å²) in [4.78, 5) is 23.2. The van der Waals surface area contributed by atoms with Crippen LogP contribution in [0.15, 0.2) is 24.3 Å². The molecule has 0 aliphatic heterocycles. The van der Waals surface area contributed by atoms with Gasteiger partial charge in [0.2, 0.25) is 0 Å². The lowest BCUT2D eigenvalue weighted by Crippen LogP contribution is -2.20. The maximum atomic E-state index is 11.6. The molecule has 1 aromatic carbocycles. The number of ether oxygens (including phenoxy) is 2. The van der Waals surface area contributed by atoms with Crippen LogP contribution in [-0.4, -0.2) is 18.0 Å². The van der Waals surface area contributed by atoms with Crippen LogP contribution in [-0.2, 0) is 14.3 Å². The molecule has 4 nitrogen and oxygen atoms in total. The van der Waals surface area contributed by atoms with Crippen LogP contribution in [0.5, 0.6) is 5.75 Å². The number of benzene rings is 1. The van der Waals surface area contributed by atoms with Gasteiger partial charge in [0.05, 0.1) is 5.02 Å². The largest absolute Gasteiger partial charge is 0.462 e. The minimum atomic E-state index is -0.409. The summed E-state index contributed by atoms with van der Waals surface area (Å²) in [6.07, 6.45) is 0.630. The molecule has 0 aromatic heterocycles. The summed E-state index contributed by atoms with van der Waals surface area (Å²) >= 11 is 5.89. The van der Waals surface area contributed by atoms with Crippen molar-refractivity contribution in [3.8, 4) is 5.75 Å². The van der Waals surface area contributed by atoms with E-state index in [9.17, 15) is 9.59 Å². The molecule has 1 rings (SSSR count). The van der Waals surface area contributed by atoms with E-state index < -0.39 is 5.97 Å². The van der Waals surface area contributed by atoms with Gasteiger partial charge in [-0.3, -0.25) is 9.59 Å². The Morgan fingerprint density at radius 2 is 1.71 bits per heavy atom. The first-order chi connectivity index (χ1) is 9.90. The minimum Gasteiger partial charge on any atom is -0.462 e. The van der Waals surface area contributed by atoms with Gasteiger partial charge in [-0.05, 0) is 31.4 Å². The monoisotopic (exact) mass is 312 g/mol. The van der Waals surface area contributed by atoms with E-state index >= 15 is 0 Å². The Bertz CT molecular complexity index is 485. The first kappa shape index (κ1) is 17.5. The summed E-state index contributed by atoms with van der Waals surface area (Å²) in [5.74, 6) is -0.0890. The predicted octanol–water partition coefficient (Wildman–Crippen LogP) is 4.00. The average Bonchev–Trinajstić information content (AvgIpc) is 2.41. The molecule has 1 unspecified atom stereocenters. The van der Waals surface area contributed by atoms with Gasteiger partial charge in [0, 0.05) is 12.8 Å². The molecule has 21 heavy (non-hydrogen) atoms. The molecule has 0 radical (unpaired) electrons. The second-order valence-corrected chi connectivity index (χ2v) is 5.60. The number of carbonyl (C=O) groups is 2. The van der Waals surface area contributed by atoms with Crippen molar-refractivity contribution in [2.75, 3.05) is 0 Å². The average molecular weight is 313 g/mol. The van der Waals surface area contributed by atoms with Crippen molar-refractivity contribution in [3.05, 3.63) is 29.3 Å². The van der Waals surface area contributed by atoms with Crippen LogP contribution in [0.3, 0.4) is 0 Å². The third kappa shape index (κ3) is 6.63. The molecule has 116 valence electrons. The molecule has 0 aliphatic rings. The van der Waals surface area contributed by atoms with Gasteiger partial charge in [-0.15, -0.1) is 0 Å². The molecule has 0 aliphatic carbocycles. The van der Waals surface area contributed by atoms with Gasteiger partial charge < -0.3 is 9.47 Å². The fraction of sp³-hybridized carbons (Fsp3) is 0.500. The fourth-order valence-corrected chi connectivity index (χ4v) is 1.65. The molecule has 0 N–H and O–H groups in total. The summed E-state index contributed by atoms with van der Waals surface area (Å²) in [5.41, 5.74) is 0. The van der Waals surface area contributed by atoms with Gasteiger partial charge in [0.1, 0.15) is 11.9 Å². The number of para-hydroxylation sites is 1. The maximum absolute atomic E-state index is 11.6. The van der Waals surface area contributed by atoms with Gasteiger partial charge >= 0.3 is 11.9 Å². The van der Waals surface area contributed by atoms with Crippen molar-refractivity contribution < 1.29 is 19.1 Å². The summed E-state index contributed by atoms with van der Waals surface area (Å²) in [6, 6.07) is 6.76. The molecule has 1 atom stereocenters. The Morgan fingerprint density at radius 3 is 2.33 bits per heavy atom. The quantitative estimate of drug-likeness (QED) is 0.564. The Kier molecular flexibility index (Phi) is 7.23. The van der Waals surface area contributed by atoms with E-state index in [1.165, 1.54) is 0 Å². The third-order valence-corrected chi connectivity index (χ3v) is 3.39. The van der Waals surface area contributed by atoms with Crippen molar-refractivity contribution in [1.82, 2.24) is 0 Å². The minimum absolute atomic E-state index is 0.118. The molecule has 1 aromatic rings. The molecule has 0 heterocycles. The number of rotatable bonds is 7. The van der Waals surface area contributed by atoms with E-state index in [0.29, 0.717) is 17.2 Å². The van der Waals surface area contributed by atoms with Crippen LogP contribution in [0.1, 0.15) is 40.0 Å². The lowest BCUT2D eigenvalue weighted by Gasteiger charge is -2.16. The second kappa shape index (κ2) is 8.67. The van der Waals surface area contributed by atoms with Crippen LogP contribution < -0.4 is 4.74 Å². The molecule has 0 bridgehead atoms. The van der Waals surface area contributed by atoms with Gasteiger partial charge in [-0.2, -0.15) is 0 Å². The lowest BCUT2D eigenvalue weighted by atomic mass is 10.1. The van der Waals surface area contributed by atoms with Crippen molar-refractivity contribution >= 4 is 23.5 Å². The molecular formula is C16H21ClO4. The van der Waals surface area contributed by atoms with E-state index in [4.69, 9.17) is 21.1 Å². The van der Waals surface area contributed by atoms with E-state index in [2.05, 4.69) is 0 Å². The number of hydrogen-bond donors (Lipinski definition) is 0. The first-order valence-corrected chi connectivity index (χ1v) is 7.42. The number of esters is 2. The summed E-state index contributed by atoms with van der Waals surface area (Å²) in [6.45, 7) is 5.83. The summed E-state index contributed by atoms with van der Waals surface area (Å²) in [7, 11) is 0. The maximum Gasteiger partial charge on any atom is 0.311 e. The Balaban J connectivity index is 2.28. The van der Waals surface area contributed by atoms with Crippen LogP contribution in [0.25, 0.3) is 0 Å². The van der Waals surface area contributed by atoms with Crippen LogP contribution in [0.2, 0.25) is 5.02 Å². The van der Waals surface area contributed by atoms with Gasteiger partial charge in [-0.25, -0.2) is 0 Å². The zero-order chi connectivity index (χ0) is 15.8. The van der Waals surface area contributed by atoms with Crippen LogP contribution >= 0.6 is 11.6 Å². The normalized spacial score (nSPS) is 12.0. The van der Waals surface area contributed by atoms with Crippen LogP contribution in [0, 0.1) is 5.92 Å². The summed E-state index contributed by atoms with van der Waals surface area (Å²) in [5, 5.41) is 0.385. The van der Waals surface area contributed by atoms with Crippen molar-refractivity contribution in [2.24, 2.45) is 5.92 Å². The molecule has 0 saturated heterocycles. The van der Waals surface area contributed by atoms with Crippen molar-refractivity contribution in [3.63, 3.8) is 0 Å². The van der Waals surface area contributed by atoms with E-state index in [-0.39, 0.29) is 30.8 Å². The Morgan fingerprint density at radius 1 is 1.10 bits per heavy atom. The van der Waals surface area contributed by atoms with Gasteiger partial charge in [-0.1, -0.05) is 37.6 Å². The number of carbonyl (C=O) groups excluding carboxylic acids is 2.